The predicted molar refractivity (Wildman–Crippen MR) is 105 cm³/mol. The van der Waals surface area contributed by atoms with Crippen LogP contribution in [0, 0.1) is 13.8 Å². The van der Waals surface area contributed by atoms with Gasteiger partial charge in [-0.3, -0.25) is 9.59 Å². The van der Waals surface area contributed by atoms with Gasteiger partial charge in [0.2, 0.25) is 11.1 Å². The van der Waals surface area contributed by atoms with Crippen LogP contribution in [0.1, 0.15) is 28.4 Å². The maximum absolute atomic E-state index is 12.5. The number of aromatic nitrogens is 4. The molecule has 3 rings (SSSR count). The Bertz CT molecular complexity index is 977. The standard InChI is InChI=1S/C17H18N6O2S2/c1-9-6-10(2)8-12(7-9)23-17(20-21-22-23)27-11(3)15(25)19-16-13(14(18)24)4-5-26-16/h4-8,11H,1-3H3,(H2,18,24)(H,19,25)/t11-/m1/s1. The van der Waals surface area contributed by atoms with Crippen LogP contribution in [-0.2, 0) is 4.79 Å². The highest BCUT2D eigenvalue weighted by atomic mass is 32.2. The Kier molecular flexibility index (Phi) is 5.57. The van der Waals surface area contributed by atoms with Gasteiger partial charge in [0.25, 0.3) is 5.91 Å². The number of nitrogens with two attached hydrogens (primary N) is 1. The molecular formula is C17H18N6O2S2. The van der Waals surface area contributed by atoms with E-state index in [9.17, 15) is 9.59 Å². The predicted octanol–water partition coefficient (Wildman–Crippen LogP) is 2.56. The van der Waals surface area contributed by atoms with Crippen LogP contribution in [0.4, 0.5) is 5.00 Å². The largest absolute Gasteiger partial charge is 0.366 e. The second-order valence-electron chi connectivity index (χ2n) is 6.00. The average Bonchev–Trinajstić information content (AvgIpc) is 3.23. The van der Waals surface area contributed by atoms with E-state index in [2.05, 4.69) is 26.9 Å². The van der Waals surface area contributed by atoms with Gasteiger partial charge in [-0.1, -0.05) is 17.8 Å². The van der Waals surface area contributed by atoms with E-state index in [1.807, 2.05) is 26.0 Å². The molecule has 0 unspecified atom stereocenters. The Morgan fingerprint density at radius 1 is 1.26 bits per heavy atom. The first-order valence-electron chi connectivity index (χ1n) is 8.07. The van der Waals surface area contributed by atoms with Crippen molar-refractivity contribution in [3.63, 3.8) is 0 Å². The van der Waals surface area contributed by atoms with Crippen molar-refractivity contribution in [3.8, 4) is 5.69 Å². The normalized spacial score (nSPS) is 12.0. The molecule has 3 aromatic rings. The van der Waals surface area contributed by atoms with E-state index in [0.717, 1.165) is 16.8 Å². The third kappa shape index (κ3) is 4.34. The van der Waals surface area contributed by atoms with Gasteiger partial charge in [0.1, 0.15) is 5.00 Å². The van der Waals surface area contributed by atoms with E-state index in [1.165, 1.54) is 23.1 Å². The summed E-state index contributed by atoms with van der Waals surface area (Å²) in [5.74, 6) is -0.842. The molecule has 2 aromatic heterocycles. The first-order valence-corrected chi connectivity index (χ1v) is 9.83. The lowest BCUT2D eigenvalue weighted by molar-refractivity contribution is -0.115. The van der Waals surface area contributed by atoms with Gasteiger partial charge in [0, 0.05) is 0 Å². The van der Waals surface area contributed by atoms with E-state index in [1.54, 1.807) is 23.1 Å². The molecule has 8 nitrogen and oxygen atoms in total. The lowest BCUT2D eigenvalue weighted by Crippen LogP contribution is -2.24. The molecule has 0 bridgehead atoms. The Balaban J connectivity index is 1.76. The molecule has 27 heavy (non-hydrogen) atoms. The number of nitrogens with one attached hydrogen (secondary N) is 1. The molecule has 3 N–H and O–H groups in total. The average molecular weight is 403 g/mol. The number of tetrazole rings is 1. The number of thiophene rings is 1. The van der Waals surface area contributed by atoms with E-state index in [4.69, 9.17) is 5.73 Å². The molecule has 0 aliphatic carbocycles. The van der Waals surface area contributed by atoms with Gasteiger partial charge in [-0.05, 0) is 65.9 Å². The molecule has 0 fully saturated rings. The number of benzene rings is 1. The number of hydrogen-bond donors (Lipinski definition) is 2. The van der Waals surface area contributed by atoms with Crippen LogP contribution in [0.5, 0.6) is 0 Å². The third-order valence-corrected chi connectivity index (χ3v) is 5.57. The molecule has 0 aliphatic heterocycles. The number of rotatable bonds is 6. The Morgan fingerprint density at radius 2 is 1.96 bits per heavy atom. The van der Waals surface area contributed by atoms with E-state index in [0.29, 0.717) is 15.7 Å². The third-order valence-electron chi connectivity index (χ3n) is 3.71. The Labute approximate surface area is 164 Å². The van der Waals surface area contributed by atoms with Gasteiger partial charge < -0.3 is 11.1 Å². The minimum absolute atomic E-state index is 0.264. The number of hydrogen-bond acceptors (Lipinski definition) is 7. The van der Waals surface area contributed by atoms with Gasteiger partial charge in [-0.15, -0.1) is 16.4 Å². The van der Waals surface area contributed by atoms with Gasteiger partial charge in [0.05, 0.1) is 16.5 Å². The van der Waals surface area contributed by atoms with Gasteiger partial charge >= 0.3 is 0 Å². The fraction of sp³-hybridized carbons (Fsp3) is 0.235. The number of amides is 2. The zero-order valence-corrected chi connectivity index (χ0v) is 16.6. The van der Waals surface area contributed by atoms with Crippen molar-refractivity contribution in [1.82, 2.24) is 20.2 Å². The van der Waals surface area contributed by atoms with Crippen LogP contribution < -0.4 is 11.1 Å². The minimum atomic E-state index is -0.578. The summed E-state index contributed by atoms with van der Waals surface area (Å²) >= 11 is 2.48. The van der Waals surface area contributed by atoms with Gasteiger partial charge in [0.15, 0.2) is 0 Å². The number of anilines is 1. The number of thioether (sulfide) groups is 1. The molecule has 2 heterocycles. The van der Waals surface area contributed by atoms with Gasteiger partial charge in [-0.25, -0.2) is 0 Å². The van der Waals surface area contributed by atoms with Crippen molar-refractivity contribution < 1.29 is 9.59 Å². The summed E-state index contributed by atoms with van der Waals surface area (Å²) < 4.78 is 1.61. The highest BCUT2D eigenvalue weighted by Crippen LogP contribution is 2.27. The number of aryl methyl sites for hydroxylation is 2. The van der Waals surface area contributed by atoms with E-state index in [-0.39, 0.29) is 5.91 Å². The fourth-order valence-corrected chi connectivity index (χ4v) is 4.12. The monoisotopic (exact) mass is 402 g/mol. The SMILES string of the molecule is Cc1cc(C)cc(-n2nnnc2S[C@H](C)C(=O)Nc2sccc2C(N)=O)c1. The molecule has 0 saturated heterocycles. The molecule has 140 valence electrons. The maximum atomic E-state index is 12.5. The molecule has 10 heteroatoms. The Morgan fingerprint density at radius 3 is 2.63 bits per heavy atom. The van der Waals surface area contributed by atoms with Crippen LogP contribution in [0.3, 0.4) is 0 Å². The Hall–Kier alpha value is -2.72. The second-order valence-corrected chi connectivity index (χ2v) is 8.22. The molecule has 0 spiro atoms. The van der Waals surface area contributed by atoms with Crippen LogP contribution in [0.15, 0.2) is 34.8 Å². The number of carbonyl (C=O) groups excluding carboxylic acids is 2. The molecule has 1 atom stereocenters. The van der Waals surface area contributed by atoms with Crippen molar-refractivity contribution in [2.45, 2.75) is 31.2 Å². The highest BCUT2D eigenvalue weighted by molar-refractivity contribution is 8.00. The second kappa shape index (κ2) is 7.89. The molecular weight excluding hydrogens is 384 g/mol. The summed E-state index contributed by atoms with van der Waals surface area (Å²) in [7, 11) is 0. The topological polar surface area (TPSA) is 116 Å². The molecule has 0 radical (unpaired) electrons. The zero-order valence-electron chi connectivity index (χ0n) is 15.0. The van der Waals surface area contributed by atoms with Crippen LogP contribution >= 0.6 is 23.1 Å². The smallest absolute Gasteiger partial charge is 0.251 e. The summed E-state index contributed by atoms with van der Waals surface area (Å²) in [6, 6.07) is 7.60. The van der Waals surface area contributed by atoms with Crippen molar-refractivity contribution in [2.24, 2.45) is 5.73 Å². The van der Waals surface area contributed by atoms with Crippen molar-refractivity contribution in [2.75, 3.05) is 5.32 Å². The summed E-state index contributed by atoms with van der Waals surface area (Å²) in [6.07, 6.45) is 0. The van der Waals surface area contributed by atoms with Crippen molar-refractivity contribution in [3.05, 3.63) is 46.3 Å². The summed E-state index contributed by atoms with van der Waals surface area (Å²) in [4.78, 5) is 23.9. The summed E-state index contributed by atoms with van der Waals surface area (Å²) in [5.41, 5.74) is 8.63. The fourth-order valence-electron chi connectivity index (χ4n) is 2.51. The summed E-state index contributed by atoms with van der Waals surface area (Å²) in [6.45, 7) is 5.75. The van der Waals surface area contributed by atoms with E-state index >= 15 is 0 Å². The lowest BCUT2D eigenvalue weighted by Gasteiger charge is -2.12. The number of carbonyl (C=O) groups is 2. The number of nitrogens with zero attached hydrogens (tertiary/aromatic N) is 4. The number of primary amides is 1. The minimum Gasteiger partial charge on any atom is -0.366 e. The molecule has 0 saturated carbocycles. The first-order chi connectivity index (χ1) is 12.8. The summed E-state index contributed by atoms with van der Waals surface area (Å²) in [5, 5.41) is 16.7. The van der Waals surface area contributed by atoms with Crippen LogP contribution in [-0.4, -0.2) is 37.3 Å². The lowest BCUT2D eigenvalue weighted by atomic mass is 10.1. The molecule has 1 aromatic carbocycles. The van der Waals surface area contributed by atoms with Crippen LogP contribution in [0.25, 0.3) is 5.69 Å². The quantitative estimate of drug-likeness (QED) is 0.612. The zero-order chi connectivity index (χ0) is 19.6. The molecule has 2 amide bonds. The van der Waals surface area contributed by atoms with Crippen LogP contribution in [0.2, 0.25) is 0 Å². The highest BCUT2D eigenvalue weighted by Gasteiger charge is 2.21. The van der Waals surface area contributed by atoms with Gasteiger partial charge in [-0.2, -0.15) is 4.68 Å². The molecule has 0 aliphatic rings. The van der Waals surface area contributed by atoms with Crippen molar-refractivity contribution in [1.29, 1.82) is 0 Å². The maximum Gasteiger partial charge on any atom is 0.251 e. The van der Waals surface area contributed by atoms with Crippen molar-refractivity contribution >= 4 is 39.9 Å². The first kappa shape index (κ1) is 19.1. The van der Waals surface area contributed by atoms with E-state index < -0.39 is 11.2 Å².